The SMILES string of the molecule is CCOc1cc(/C=N\S(=O)(=O)c2ccc(C)cc2)ccc1OCc1ccccc1Cl. The minimum Gasteiger partial charge on any atom is -0.490 e. The van der Waals surface area contributed by atoms with Crippen LogP contribution in [0.1, 0.15) is 23.6 Å². The van der Waals surface area contributed by atoms with Crippen molar-refractivity contribution in [3.63, 3.8) is 0 Å². The second-order valence-corrected chi connectivity index (χ2v) is 8.58. The van der Waals surface area contributed by atoms with E-state index < -0.39 is 10.0 Å². The first-order valence-electron chi connectivity index (χ1n) is 9.39. The smallest absolute Gasteiger partial charge is 0.282 e. The third-order valence-electron chi connectivity index (χ3n) is 4.27. The summed E-state index contributed by atoms with van der Waals surface area (Å²) in [6.07, 6.45) is 1.30. The van der Waals surface area contributed by atoms with E-state index in [2.05, 4.69) is 4.40 Å². The molecule has 0 unspecified atom stereocenters. The summed E-state index contributed by atoms with van der Waals surface area (Å²) in [7, 11) is -3.78. The average molecular weight is 444 g/mol. The lowest BCUT2D eigenvalue weighted by Gasteiger charge is -2.13. The number of nitrogens with zero attached hydrogens (tertiary/aromatic N) is 1. The van der Waals surface area contributed by atoms with Gasteiger partial charge in [-0.2, -0.15) is 12.8 Å². The maximum absolute atomic E-state index is 12.4. The van der Waals surface area contributed by atoms with Gasteiger partial charge >= 0.3 is 0 Å². The minimum atomic E-state index is -3.78. The first kappa shape index (κ1) is 21.9. The van der Waals surface area contributed by atoms with Gasteiger partial charge in [0.05, 0.1) is 11.5 Å². The van der Waals surface area contributed by atoms with Gasteiger partial charge in [0.15, 0.2) is 11.5 Å². The van der Waals surface area contributed by atoms with E-state index in [1.807, 2.05) is 32.0 Å². The molecule has 3 rings (SSSR count). The van der Waals surface area contributed by atoms with Crippen molar-refractivity contribution in [1.29, 1.82) is 0 Å². The van der Waals surface area contributed by atoms with Gasteiger partial charge < -0.3 is 9.47 Å². The highest BCUT2D eigenvalue weighted by molar-refractivity contribution is 7.90. The van der Waals surface area contributed by atoms with Crippen LogP contribution in [0.4, 0.5) is 0 Å². The highest BCUT2D eigenvalue weighted by Crippen LogP contribution is 2.30. The molecule has 0 atom stereocenters. The standard InChI is InChI=1S/C23H22ClNO4S/c1-3-28-23-14-18(15-25-30(26,27)20-11-8-17(2)9-12-20)10-13-22(23)29-16-19-6-4-5-7-21(19)24/h4-15H,3,16H2,1-2H3/b25-15-. The van der Waals surface area contributed by atoms with E-state index in [-0.39, 0.29) is 11.5 Å². The largest absolute Gasteiger partial charge is 0.490 e. The summed E-state index contributed by atoms with van der Waals surface area (Å²) >= 11 is 6.17. The minimum absolute atomic E-state index is 0.147. The van der Waals surface area contributed by atoms with Crippen LogP contribution in [-0.2, 0) is 16.6 Å². The third-order valence-corrected chi connectivity index (χ3v) is 5.89. The Kier molecular flexibility index (Phi) is 7.13. The molecule has 0 spiro atoms. The van der Waals surface area contributed by atoms with Crippen molar-refractivity contribution in [2.24, 2.45) is 4.40 Å². The van der Waals surface area contributed by atoms with Crippen LogP contribution in [0.2, 0.25) is 5.02 Å². The molecule has 3 aromatic carbocycles. The summed E-state index contributed by atoms with van der Waals surface area (Å²) in [4.78, 5) is 0.147. The molecule has 0 aromatic heterocycles. The number of sulfonamides is 1. The van der Waals surface area contributed by atoms with E-state index in [9.17, 15) is 8.42 Å². The average Bonchev–Trinajstić information content (AvgIpc) is 2.73. The summed E-state index contributed by atoms with van der Waals surface area (Å²) in [6.45, 7) is 4.48. The zero-order chi connectivity index (χ0) is 21.6. The Hall–Kier alpha value is -2.83. The quantitative estimate of drug-likeness (QED) is 0.435. The Morgan fingerprint density at radius 3 is 2.40 bits per heavy atom. The molecule has 0 N–H and O–H groups in total. The van der Waals surface area contributed by atoms with E-state index in [1.54, 1.807) is 48.5 Å². The molecule has 0 saturated heterocycles. The molecular weight excluding hydrogens is 422 g/mol. The van der Waals surface area contributed by atoms with Crippen molar-refractivity contribution in [3.8, 4) is 11.5 Å². The van der Waals surface area contributed by atoms with Crippen molar-refractivity contribution >= 4 is 27.8 Å². The van der Waals surface area contributed by atoms with Crippen molar-refractivity contribution < 1.29 is 17.9 Å². The van der Waals surface area contributed by atoms with Crippen LogP contribution in [0, 0.1) is 6.92 Å². The molecule has 0 aliphatic rings. The summed E-state index contributed by atoms with van der Waals surface area (Å²) in [5.41, 5.74) is 2.42. The fourth-order valence-corrected chi connectivity index (χ4v) is 3.72. The molecule has 0 aliphatic carbocycles. The molecular formula is C23H22ClNO4S. The van der Waals surface area contributed by atoms with Crippen LogP contribution < -0.4 is 9.47 Å². The summed E-state index contributed by atoms with van der Waals surface area (Å²) in [6, 6.07) is 19.1. The van der Waals surface area contributed by atoms with Crippen molar-refractivity contribution in [2.45, 2.75) is 25.3 Å². The molecule has 0 heterocycles. The molecule has 0 aliphatic heterocycles. The number of rotatable bonds is 8. The van der Waals surface area contributed by atoms with Crippen molar-refractivity contribution in [2.75, 3.05) is 6.61 Å². The third kappa shape index (κ3) is 5.62. The normalized spacial score (nSPS) is 11.6. The number of hydrogen-bond donors (Lipinski definition) is 0. The van der Waals surface area contributed by atoms with Gasteiger partial charge in [0.2, 0.25) is 0 Å². The van der Waals surface area contributed by atoms with Crippen LogP contribution in [0.25, 0.3) is 0 Å². The molecule has 0 bridgehead atoms. The van der Waals surface area contributed by atoms with Gasteiger partial charge in [0.1, 0.15) is 6.61 Å². The molecule has 0 saturated carbocycles. The fourth-order valence-electron chi connectivity index (χ4n) is 2.66. The van der Waals surface area contributed by atoms with E-state index in [4.69, 9.17) is 21.1 Å². The second kappa shape index (κ2) is 9.78. The maximum atomic E-state index is 12.4. The number of ether oxygens (including phenoxy) is 2. The number of benzene rings is 3. The van der Waals surface area contributed by atoms with Crippen LogP contribution >= 0.6 is 11.6 Å². The highest BCUT2D eigenvalue weighted by Gasteiger charge is 2.12. The Labute approximate surface area is 182 Å². The van der Waals surface area contributed by atoms with Gasteiger partial charge in [-0.05, 0) is 55.8 Å². The second-order valence-electron chi connectivity index (χ2n) is 6.54. The Morgan fingerprint density at radius 2 is 1.70 bits per heavy atom. The Morgan fingerprint density at radius 1 is 0.967 bits per heavy atom. The number of aryl methyl sites for hydroxylation is 1. The van der Waals surface area contributed by atoms with E-state index in [0.717, 1.165) is 11.1 Å². The van der Waals surface area contributed by atoms with Gasteiger partial charge in [-0.3, -0.25) is 0 Å². The van der Waals surface area contributed by atoms with Crippen molar-refractivity contribution in [3.05, 3.63) is 88.4 Å². The molecule has 3 aromatic rings. The first-order valence-corrected chi connectivity index (χ1v) is 11.2. The van der Waals surface area contributed by atoms with Crippen LogP contribution in [0.5, 0.6) is 11.5 Å². The van der Waals surface area contributed by atoms with Gasteiger partial charge in [-0.25, -0.2) is 0 Å². The summed E-state index contributed by atoms with van der Waals surface area (Å²) in [5.74, 6) is 1.04. The lowest BCUT2D eigenvalue weighted by molar-refractivity contribution is 0.269. The first-order chi connectivity index (χ1) is 14.4. The zero-order valence-corrected chi connectivity index (χ0v) is 18.3. The van der Waals surface area contributed by atoms with E-state index in [1.165, 1.54) is 6.21 Å². The van der Waals surface area contributed by atoms with Gasteiger partial charge in [0.25, 0.3) is 10.0 Å². The highest BCUT2D eigenvalue weighted by atomic mass is 35.5. The topological polar surface area (TPSA) is 65.0 Å². The van der Waals surface area contributed by atoms with Crippen molar-refractivity contribution in [1.82, 2.24) is 0 Å². The van der Waals surface area contributed by atoms with Gasteiger partial charge in [0, 0.05) is 16.8 Å². The maximum Gasteiger partial charge on any atom is 0.282 e. The van der Waals surface area contributed by atoms with E-state index in [0.29, 0.717) is 28.7 Å². The number of hydrogen-bond acceptors (Lipinski definition) is 4. The lowest BCUT2D eigenvalue weighted by atomic mass is 10.2. The molecule has 0 radical (unpaired) electrons. The number of halogens is 1. The zero-order valence-electron chi connectivity index (χ0n) is 16.7. The molecule has 0 amide bonds. The van der Waals surface area contributed by atoms with Crippen LogP contribution in [0.3, 0.4) is 0 Å². The fraction of sp³-hybridized carbons (Fsp3) is 0.174. The van der Waals surface area contributed by atoms with Crippen LogP contribution in [0.15, 0.2) is 76.0 Å². The molecule has 0 fully saturated rings. The van der Waals surface area contributed by atoms with Gasteiger partial charge in [-0.1, -0.05) is 47.5 Å². The summed E-state index contributed by atoms with van der Waals surface area (Å²) in [5, 5.41) is 0.625. The Balaban J connectivity index is 1.79. The predicted octanol–water partition coefficient (Wildman–Crippen LogP) is 5.43. The molecule has 5 nitrogen and oxygen atoms in total. The molecule has 156 valence electrons. The van der Waals surface area contributed by atoms with Gasteiger partial charge in [-0.15, -0.1) is 0 Å². The Bertz CT molecular complexity index is 1140. The van der Waals surface area contributed by atoms with E-state index >= 15 is 0 Å². The monoisotopic (exact) mass is 443 g/mol. The lowest BCUT2D eigenvalue weighted by Crippen LogP contribution is -2.01. The predicted molar refractivity (Wildman–Crippen MR) is 119 cm³/mol. The summed E-state index contributed by atoms with van der Waals surface area (Å²) < 4.78 is 40.2. The molecule has 30 heavy (non-hydrogen) atoms. The van der Waals surface area contributed by atoms with Crippen LogP contribution in [-0.4, -0.2) is 21.2 Å². The molecule has 7 heteroatoms.